The number of alkyl halides is 15. The second-order valence-electron chi connectivity index (χ2n) is 5.87. The predicted octanol–water partition coefficient (Wildman–Crippen LogP) is 11.5. The predicted molar refractivity (Wildman–Crippen MR) is 141 cm³/mol. The van der Waals surface area contributed by atoms with Crippen LogP contribution in [0.15, 0.2) is 12.1 Å². The van der Waals surface area contributed by atoms with Gasteiger partial charge >= 0.3 is 0 Å². The molecule has 173 valence electrons. The van der Waals surface area contributed by atoms with E-state index in [1.54, 1.807) is 0 Å². The standard InChI is InChI=1S/C15H8Cl15/c1-2-3-7-8(11(18,19)14(25,26)27)4-6(10(16,17)13(22,23)24)5-9(7)12(20,21)15(28,29)30/h4-5H,1-3H2. The Balaban J connectivity index is 4.20. The molecule has 0 aliphatic heterocycles. The van der Waals surface area contributed by atoms with Crippen LogP contribution in [-0.4, -0.2) is 11.4 Å². The molecule has 0 amide bonds. The smallest absolute Gasteiger partial charge is 0.0915 e. The van der Waals surface area contributed by atoms with Gasteiger partial charge in [-0.1, -0.05) is 181 Å². The Morgan fingerprint density at radius 1 is 0.533 bits per heavy atom. The average Bonchev–Trinajstić information content (AvgIpc) is 2.51. The Kier molecular flexibility index (Phi) is 11.1. The van der Waals surface area contributed by atoms with Crippen molar-refractivity contribution >= 4 is 174 Å². The molecule has 0 nitrogen and oxygen atoms in total. The minimum atomic E-state index is -2.26. The molecule has 0 atom stereocenters. The van der Waals surface area contributed by atoms with Gasteiger partial charge in [0, 0.05) is 0 Å². The first-order valence-corrected chi connectivity index (χ1v) is 13.0. The molecule has 1 aromatic carbocycles. The van der Waals surface area contributed by atoms with Crippen molar-refractivity contribution in [1.82, 2.24) is 0 Å². The van der Waals surface area contributed by atoms with Gasteiger partial charge in [-0.3, -0.25) is 0 Å². The zero-order valence-corrected chi connectivity index (χ0v) is 25.3. The fourth-order valence-electron chi connectivity index (χ4n) is 2.33. The van der Waals surface area contributed by atoms with Crippen molar-refractivity contribution in [3.8, 4) is 0 Å². The lowest BCUT2D eigenvalue weighted by atomic mass is 9.89. The van der Waals surface area contributed by atoms with Crippen LogP contribution in [-0.2, 0) is 19.4 Å². The second-order valence-corrected chi connectivity index (χ2v) is 16.7. The minimum absolute atomic E-state index is 0.0261. The molecule has 0 aromatic heterocycles. The van der Waals surface area contributed by atoms with Gasteiger partial charge in [-0.2, -0.15) is 0 Å². The van der Waals surface area contributed by atoms with Gasteiger partial charge < -0.3 is 0 Å². The first-order valence-electron chi connectivity index (χ1n) is 7.34. The van der Waals surface area contributed by atoms with E-state index in [1.165, 1.54) is 12.1 Å². The van der Waals surface area contributed by atoms with Crippen molar-refractivity contribution in [2.45, 2.75) is 37.2 Å². The van der Waals surface area contributed by atoms with E-state index >= 15 is 0 Å². The second kappa shape index (κ2) is 10.5. The summed E-state index contributed by atoms with van der Waals surface area (Å²) in [5, 5.41) is 0. The molecule has 1 radical (unpaired) electrons. The quantitative estimate of drug-likeness (QED) is 0.266. The molecule has 0 saturated carbocycles. The van der Waals surface area contributed by atoms with Gasteiger partial charge in [0.25, 0.3) is 0 Å². The summed E-state index contributed by atoms with van der Waals surface area (Å²) in [6.07, 6.45) is 0.463. The van der Waals surface area contributed by atoms with Gasteiger partial charge in [0.15, 0.2) is 13.0 Å². The molecule has 0 bridgehead atoms. The normalized spacial score (nSPS) is 14.9. The molecule has 1 rings (SSSR count). The third-order valence-electron chi connectivity index (χ3n) is 3.78. The summed E-state index contributed by atoms with van der Waals surface area (Å²) in [7, 11) is 0. The van der Waals surface area contributed by atoms with Gasteiger partial charge in [0.05, 0.1) is 0 Å². The highest BCUT2D eigenvalue weighted by Crippen LogP contribution is 2.61. The maximum Gasteiger partial charge on any atom is 0.227 e. The van der Waals surface area contributed by atoms with E-state index in [2.05, 4.69) is 6.92 Å². The maximum absolute atomic E-state index is 6.43. The van der Waals surface area contributed by atoms with Crippen molar-refractivity contribution in [2.24, 2.45) is 0 Å². The maximum atomic E-state index is 6.43. The highest BCUT2D eigenvalue weighted by atomic mass is 35.6. The Morgan fingerprint density at radius 2 is 0.833 bits per heavy atom. The Hall–Kier alpha value is 3.57. The monoisotopic (exact) mass is 713 g/mol. The van der Waals surface area contributed by atoms with Crippen molar-refractivity contribution in [2.75, 3.05) is 0 Å². The number of hydrogen-bond acceptors (Lipinski definition) is 0. The highest BCUT2D eigenvalue weighted by Gasteiger charge is 2.55. The van der Waals surface area contributed by atoms with Crippen LogP contribution in [0.25, 0.3) is 0 Å². The first kappa shape index (κ1) is 31.6. The third-order valence-corrected chi connectivity index (χ3v) is 11.0. The third kappa shape index (κ3) is 6.46. The molecular formula is C15H8Cl15. The minimum Gasteiger partial charge on any atom is -0.0915 e. The van der Waals surface area contributed by atoms with Crippen LogP contribution in [0.4, 0.5) is 0 Å². The van der Waals surface area contributed by atoms with Crippen molar-refractivity contribution in [3.63, 3.8) is 0 Å². The molecule has 0 fully saturated rings. The number of rotatable bonds is 5. The molecule has 0 saturated heterocycles. The van der Waals surface area contributed by atoms with Gasteiger partial charge in [-0.15, -0.1) is 0 Å². The summed E-state index contributed by atoms with van der Waals surface area (Å²) < 4.78 is -13.3. The van der Waals surface area contributed by atoms with Crippen LogP contribution < -0.4 is 0 Å². The lowest BCUT2D eigenvalue weighted by molar-refractivity contribution is 0.779. The van der Waals surface area contributed by atoms with Crippen molar-refractivity contribution in [1.29, 1.82) is 0 Å². The number of benzene rings is 1. The van der Waals surface area contributed by atoms with Gasteiger partial charge in [-0.05, 0) is 47.2 Å². The Labute approximate surface area is 249 Å². The molecule has 1 aromatic rings. The molecule has 0 N–H and O–H groups in total. The fourth-order valence-corrected chi connectivity index (χ4v) is 4.16. The molecular weight excluding hydrogens is 712 g/mol. The van der Waals surface area contributed by atoms with Crippen LogP contribution >= 0.6 is 174 Å². The summed E-state index contributed by atoms with van der Waals surface area (Å²) in [5.74, 6) is 0. The lowest BCUT2D eigenvalue weighted by Gasteiger charge is -2.37. The molecule has 0 spiro atoms. The van der Waals surface area contributed by atoms with E-state index in [0.29, 0.717) is 6.42 Å². The number of halogens is 15. The molecule has 0 aliphatic carbocycles. The lowest BCUT2D eigenvalue weighted by Crippen LogP contribution is -2.36. The van der Waals surface area contributed by atoms with Crippen LogP contribution in [0, 0.1) is 6.92 Å². The van der Waals surface area contributed by atoms with E-state index in [0.717, 1.165) is 0 Å². The van der Waals surface area contributed by atoms with Crippen LogP contribution in [0.5, 0.6) is 0 Å². The van der Waals surface area contributed by atoms with E-state index in [1.807, 2.05) is 0 Å². The Morgan fingerprint density at radius 3 is 1.07 bits per heavy atom. The molecule has 0 aliphatic rings. The van der Waals surface area contributed by atoms with E-state index in [4.69, 9.17) is 174 Å². The van der Waals surface area contributed by atoms with Crippen LogP contribution in [0.3, 0.4) is 0 Å². The summed E-state index contributed by atoms with van der Waals surface area (Å²) in [6.45, 7) is 3.78. The Bertz CT molecular complexity index is 717. The van der Waals surface area contributed by atoms with E-state index < -0.39 is 24.4 Å². The van der Waals surface area contributed by atoms with Gasteiger partial charge in [-0.25, -0.2) is 0 Å². The molecule has 0 heterocycles. The SMILES string of the molecule is [CH2]CCc1c(C(Cl)(Cl)C(Cl)(Cl)Cl)cc(C(Cl)(Cl)C(Cl)(Cl)Cl)cc1C(Cl)(Cl)C(Cl)(Cl)Cl. The fraction of sp³-hybridized carbons (Fsp3) is 0.533. The van der Waals surface area contributed by atoms with Crippen molar-refractivity contribution < 1.29 is 0 Å². The first-order chi connectivity index (χ1) is 13.0. The highest BCUT2D eigenvalue weighted by molar-refractivity contribution is 6.77. The summed E-state index contributed by atoms with van der Waals surface area (Å²) in [5.41, 5.74) is 0.127. The average molecular weight is 720 g/mol. The summed E-state index contributed by atoms with van der Waals surface area (Å²) in [4.78, 5) is 0. The zero-order chi connectivity index (χ0) is 24.1. The van der Waals surface area contributed by atoms with Crippen LogP contribution in [0.2, 0.25) is 0 Å². The molecule has 0 unspecified atom stereocenters. The summed E-state index contributed by atoms with van der Waals surface area (Å²) >= 11 is 92.2. The largest absolute Gasteiger partial charge is 0.227 e. The van der Waals surface area contributed by atoms with E-state index in [9.17, 15) is 0 Å². The van der Waals surface area contributed by atoms with Crippen molar-refractivity contribution in [3.05, 3.63) is 41.3 Å². The number of hydrogen-bond donors (Lipinski definition) is 0. The topological polar surface area (TPSA) is 0 Å². The van der Waals surface area contributed by atoms with Gasteiger partial charge in [0.1, 0.15) is 0 Å². The molecule has 30 heavy (non-hydrogen) atoms. The zero-order valence-electron chi connectivity index (χ0n) is 13.9. The summed E-state index contributed by atoms with van der Waals surface area (Å²) in [6, 6.07) is 2.56. The van der Waals surface area contributed by atoms with Crippen LogP contribution in [0.1, 0.15) is 28.7 Å². The van der Waals surface area contributed by atoms with E-state index in [-0.39, 0.29) is 28.7 Å². The van der Waals surface area contributed by atoms with Gasteiger partial charge in [0.2, 0.25) is 11.4 Å². The molecule has 15 heteroatoms.